The summed E-state index contributed by atoms with van der Waals surface area (Å²) < 4.78 is 29.4. The first-order valence-corrected chi connectivity index (χ1v) is 10.9. The zero-order chi connectivity index (χ0) is 21.1. The minimum Gasteiger partial charge on any atom is -0.508 e. The Bertz CT molecular complexity index is 957. The highest BCUT2D eigenvalue weighted by Gasteiger charge is 2.13. The van der Waals surface area contributed by atoms with E-state index in [-0.39, 0.29) is 12.5 Å². The normalized spacial score (nSPS) is 11.5. The molecular formula is C21H27NO5S. The van der Waals surface area contributed by atoms with Crippen molar-refractivity contribution in [2.45, 2.75) is 40.0 Å². The summed E-state index contributed by atoms with van der Waals surface area (Å²) in [6, 6.07) is 9.34. The Morgan fingerprint density at radius 2 is 1.75 bits per heavy atom. The summed E-state index contributed by atoms with van der Waals surface area (Å²) in [5.41, 5.74) is 5.20. The van der Waals surface area contributed by atoms with Crippen LogP contribution in [0.4, 0.5) is 0 Å². The lowest BCUT2D eigenvalue weighted by atomic mass is 9.93. The molecular weight excluding hydrogens is 378 g/mol. The van der Waals surface area contributed by atoms with Crippen LogP contribution in [0.2, 0.25) is 0 Å². The average molecular weight is 406 g/mol. The van der Waals surface area contributed by atoms with Crippen LogP contribution in [0.5, 0.6) is 11.5 Å². The number of carbonyl (C=O) groups excluding carboxylic acids is 1. The van der Waals surface area contributed by atoms with E-state index in [4.69, 9.17) is 4.74 Å². The number of sulfonamides is 1. The van der Waals surface area contributed by atoms with Crippen molar-refractivity contribution in [1.82, 2.24) is 4.72 Å². The number of nitrogens with one attached hydrogen (secondary N) is 1. The fraction of sp³-hybridized carbons (Fsp3) is 0.381. The lowest BCUT2D eigenvalue weighted by molar-refractivity contribution is -0.121. The third-order valence-electron chi connectivity index (χ3n) is 4.43. The molecule has 0 atom stereocenters. The van der Waals surface area contributed by atoms with Gasteiger partial charge in [0.05, 0.1) is 6.26 Å². The molecule has 0 fully saturated rings. The minimum absolute atomic E-state index is 0.232. The molecule has 0 aliphatic heterocycles. The molecule has 6 nitrogen and oxygen atoms in total. The van der Waals surface area contributed by atoms with Crippen LogP contribution in [0.1, 0.15) is 47.6 Å². The summed E-state index contributed by atoms with van der Waals surface area (Å²) in [4.78, 5) is 11.6. The van der Waals surface area contributed by atoms with Crippen LogP contribution in [0.25, 0.3) is 0 Å². The third-order valence-corrected chi connectivity index (χ3v) is 5.03. The van der Waals surface area contributed by atoms with E-state index < -0.39 is 15.9 Å². The second-order valence-electron chi connectivity index (χ2n) is 7.35. The number of rotatable bonds is 7. The van der Waals surface area contributed by atoms with Crippen molar-refractivity contribution < 1.29 is 23.1 Å². The fourth-order valence-corrected chi connectivity index (χ4v) is 3.55. The summed E-state index contributed by atoms with van der Waals surface area (Å²) in [7, 11) is -3.60. The number of aryl methyl sites for hydroxylation is 2. The minimum atomic E-state index is -3.60. The SMILES string of the molecule is Cc1cc(OCC(=O)NS(C)(=O)=O)cc(C)c1Cc1ccc(O)c(C(C)C)c1. The summed E-state index contributed by atoms with van der Waals surface area (Å²) in [5.74, 6) is 0.336. The third kappa shape index (κ3) is 5.99. The maximum atomic E-state index is 11.6. The van der Waals surface area contributed by atoms with Crippen molar-refractivity contribution in [2.24, 2.45) is 0 Å². The molecule has 0 aliphatic rings. The lowest BCUT2D eigenvalue weighted by Gasteiger charge is -2.15. The van der Waals surface area contributed by atoms with Crippen molar-refractivity contribution in [3.05, 3.63) is 58.1 Å². The number of hydrogen-bond donors (Lipinski definition) is 2. The predicted octanol–water partition coefficient (Wildman–Crippen LogP) is 3.18. The number of aromatic hydroxyl groups is 1. The number of ether oxygens (including phenoxy) is 1. The van der Waals surface area contributed by atoms with Gasteiger partial charge in [-0.3, -0.25) is 9.52 Å². The first kappa shape index (κ1) is 21.8. The molecule has 0 spiro atoms. The number of benzene rings is 2. The summed E-state index contributed by atoms with van der Waals surface area (Å²) in [5, 5.41) is 10.0. The van der Waals surface area contributed by atoms with E-state index in [9.17, 15) is 18.3 Å². The van der Waals surface area contributed by atoms with E-state index in [1.54, 1.807) is 6.07 Å². The monoisotopic (exact) mass is 405 g/mol. The van der Waals surface area contributed by atoms with Crippen LogP contribution in [0, 0.1) is 13.8 Å². The summed E-state index contributed by atoms with van der Waals surface area (Å²) >= 11 is 0. The van der Waals surface area contributed by atoms with Crippen LogP contribution >= 0.6 is 0 Å². The predicted molar refractivity (Wildman–Crippen MR) is 109 cm³/mol. The van der Waals surface area contributed by atoms with Gasteiger partial charge in [-0.15, -0.1) is 0 Å². The quantitative estimate of drug-likeness (QED) is 0.738. The number of phenols is 1. The van der Waals surface area contributed by atoms with E-state index in [1.807, 2.05) is 56.7 Å². The molecule has 0 radical (unpaired) electrons. The molecule has 2 aromatic rings. The summed E-state index contributed by atoms with van der Waals surface area (Å²) in [6.45, 7) is 7.65. The van der Waals surface area contributed by atoms with Gasteiger partial charge < -0.3 is 9.84 Å². The van der Waals surface area contributed by atoms with Crippen molar-refractivity contribution in [2.75, 3.05) is 12.9 Å². The molecule has 0 saturated heterocycles. The van der Waals surface area contributed by atoms with E-state index in [2.05, 4.69) is 0 Å². The van der Waals surface area contributed by atoms with Crippen LogP contribution in [-0.4, -0.2) is 32.3 Å². The zero-order valence-electron chi connectivity index (χ0n) is 16.9. The van der Waals surface area contributed by atoms with Crippen molar-refractivity contribution in [3.63, 3.8) is 0 Å². The van der Waals surface area contributed by atoms with Gasteiger partial charge >= 0.3 is 0 Å². The molecule has 0 bridgehead atoms. The largest absolute Gasteiger partial charge is 0.508 e. The standard InChI is InChI=1S/C21H27NO5S/c1-13(2)18-10-16(6-7-20(18)23)11-19-14(3)8-17(9-15(19)4)27-12-21(24)22-28(5,25)26/h6-10,13,23H,11-12H2,1-5H3,(H,22,24). The Hall–Kier alpha value is -2.54. The summed E-state index contributed by atoms with van der Waals surface area (Å²) in [6.07, 6.45) is 1.63. The molecule has 152 valence electrons. The van der Waals surface area contributed by atoms with Crippen molar-refractivity contribution in [1.29, 1.82) is 0 Å². The second-order valence-corrected chi connectivity index (χ2v) is 9.09. The molecule has 0 aliphatic carbocycles. The molecule has 1 amide bonds. The van der Waals surface area contributed by atoms with Crippen LogP contribution in [0.3, 0.4) is 0 Å². The number of carbonyl (C=O) groups is 1. The molecule has 0 unspecified atom stereocenters. The van der Waals surface area contributed by atoms with Gasteiger partial charge in [0.25, 0.3) is 5.91 Å². The van der Waals surface area contributed by atoms with Gasteiger partial charge in [0.2, 0.25) is 10.0 Å². The Morgan fingerprint density at radius 3 is 2.29 bits per heavy atom. The Balaban J connectivity index is 2.16. The maximum absolute atomic E-state index is 11.6. The molecule has 2 aromatic carbocycles. The van der Waals surface area contributed by atoms with E-state index in [1.165, 1.54) is 0 Å². The fourth-order valence-electron chi connectivity index (χ4n) is 3.08. The number of amides is 1. The molecule has 2 rings (SSSR count). The molecule has 7 heteroatoms. The maximum Gasteiger partial charge on any atom is 0.271 e. The van der Waals surface area contributed by atoms with E-state index in [0.717, 1.165) is 34.1 Å². The molecule has 28 heavy (non-hydrogen) atoms. The second kappa shape index (κ2) is 8.65. The lowest BCUT2D eigenvalue weighted by Crippen LogP contribution is -2.33. The van der Waals surface area contributed by atoms with Crippen LogP contribution < -0.4 is 9.46 Å². The van der Waals surface area contributed by atoms with Crippen LogP contribution in [0.15, 0.2) is 30.3 Å². The Labute approximate surface area is 166 Å². The number of hydrogen-bond acceptors (Lipinski definition) is 5. The van der Waals surface area contributed by atoms with Gasteiger partial charge in [-0.1, -0.05) is 26.0 Å². The van der Waals surface area contributed by atoms with Gasteiger partial charge in [0, 0.05) is 0 Å². The average Bonchev–Trinajstić information content (AvgIpc) is 2.56. The van der Waals surface area contributed by atoms with Gasteiger partial charge in [-0.2, -0.15) is 0 Å². The Morgan fingerprint density at radius 1 is 1.14 bits per heavy atom. The topological polar surface area (TPSA) is 92.7 Å². The zero-order valence-corrected chi connectivity index (χ0v) is 17.7. The van der Waals surface area contributed by atoms with Crippen molar-refractivity contribution in [3.8, 4) is 11.5 Å². The first-order valence-electron chi connectivity index (χ1n) is 9.01. The van der Waals surface area contributed by atoms with Crippen molar-refractivity contribution >= 4 is 15.9 Å². The molecule has 0 aromatic heterocycles. The molecule has 2 N–H and O–H groups in total. The van der Waals surface area contributed by atoms with Crippen LogP contribution in [-0.2, 0) is 21.2 Å². The van der Waals surface area contributed by atoms with E-state index >= 15 is 0 Å². The Kier molecular flexibility index (Phi) is 6.72. The molecule has 0 saturated carbocycles. The van der Waals surface area contributed by atoms with Gasteiger partial charge in [0.1, 0.15) is 11.5 Å². The van der Waals surface area contributed by atoms with E-state index in [0.29, 0.717) is 17.9 Å². The smallest absolute Gasteiger partial charge is 0.271 e. The van der Waals surface area contributed by atoms with Gasteiger partial charge in [-0.05, 0) is 72.2 Å². The molecule has 0 heterocycles. The first-order chi connectivity index (χ1) is 13.0. The highest BCUT2D eigenvalue weighted by atomic mass is 32.2. The van der Waals surface area contributed by atoms with Gasteiger partial charge in [-0.25, -0.2) is 8.42 Å². The number of phenolic OH excluding ortho intramolecular Hbond substituents is 1. The van der Waals surface area contributed by atoms with Gasteiger partial charge in [0.15, 0.2) is 6.61 Å². The highest BCUT2D eigenvalue weighted by molar-refractivity contribution is 7.89. The highest BCUT2D eigenvalue weighted by Crippen LogP contribution is 2.29.